The maximum absolute atomic E-state index is 5.23. The first kappa shape index (κ1) is 14.4. The normalized spacial score (nSPS) is 32.2. The van der Waals surface area contributed by atoms with Crippen molar-refractivity contribution in [3.05, 3.63) is 71.8 Å². The summed E-state index contributed by atoms with van der Waals surface area (Å²) in [6, 6.07) is 22.8. The van der Waals surface area contributed by atoms with E-state index >= 15 is 0 Å². The standard InChI is InChI=1S/C22H24N2/c1-4-10-16(11-5-1)19-21-20(17-12-6-2-7-13-17)24(21)22(23-19)18-14-8-3-9-15-18/h1-2,4-7,10-13,18,20-22H,3,8-9,14-15H2/t20-,21+,22-,24?/m0/s1. The lowest BCUT2D eigenvalue weighted by Gasteiger charge is -2.28. The van der Waals surface area contributed by atoms with Gasteiger partial charge in [-0.25, -0.2) is 0 Å². The molecule has 2 aromatic rings. The molecule has 3 aliphatic rings. The molecule has 2 nitrogen and oxygen atoms in total. The third kappa shape index (κ3) is 2.32. The van der Waals surface area contributed by atoms with Crippen LogP contribution in [0, 0.1) is 5.92 Å². The zero-order valence-electron chi connectivity index (χ0n) is 14.0. The Labute approximate surface area is 144 Å². The van der Waals surface area contributed by atoms with E-state index in [-0.39, 0.29) is 0 Å². The zero-order chi connectivity index (χ0) is 15.9. The van der Waals surface area contributed by atoms with Crippen LogP contribution in [0.1, 0.15) is 49.3 Å². The highest BCUT2D eigenvalue weighted by atomic mass is 15.5. The van der Waals surface area contributed by atoms with Gasteiger partial charge in [-0.3, -0.25) is 9.89 Å². The van der Waals surface area contributed by atoms with E-state index in [1.165, 1.54) is 48.9 Å². The van der Waals surface area contributed by atoms with Gasteiger partial charge in [0.2, 0.25) is 0 Å². The Morgan fingerprint density at radius 1 is 0.750 bits per heavy atom. The summed E-state index contributed by atoms with van der Waals surface area (Å²) in [6.07, 6.45) is 7.26. The number of benzene rings is 2. The van der Waals surface area contributed by atoms with Crippen molar-refractivity contribution in [1.82, 2.24) is 4.90 Å². The molecule has 1 saturated heterocycles. The second kappa shape index (κ2) is 5.86. The van der Waals surface area contributed by atoms with E-state index in [0.717, 1.165) is 5.92 Å². The summed E-state index contributed by atoms with van der Waals surface area (Å²) in [6.45, 7) is 0. The average molecular weight is 316 g/mol. The lowest BCUT2D eigenvalue weighted by Crippen LogP contribution is -2.27. The molecular weight excluding hydrogens is 292 g/mol. The van der Waals surface area contributed by atoms with E-state index in [1.54, 1.807) is 0 Å². The van der Waals surface area contributed by atoms with Crippen LogP contribution in [-0.2, 0) is 0 Å². The van der Waals surface area contributed by atoms with Crippen molar-refractivity contribution < 1.29 is 0 Å². The van der Waals surface area contributed by atoms with E-state index < -0.39 is 0 Å². The fourth-order valence-corrected chi connectivity index (χ4v) is 4.79. The first-order chi connectivity index (χ1) is 11.9. The van der Waals surface area contributed by atoms with Crippen molar-refractivity contribution in [3.63, 3.8) is 0 Å². The smallest absolute Gasteiger partial charge is 0.106 e. The summed E-state index contributed by atoms with van der Waals surface area (Å²) in [4.78, 5) is 7.91. The topological polar surface area (TPSA) is 15.4 Å². The molecule has 2 aliphatic heterocycles. The molecule has 2 aromatic carbocycles. The quantitative estimate of drug-likeness (QED) is 0.741. The summed E-state index contributed by atoms with van der Waals surface area (Å²) in [5.74, 6) is 0.746. The first-order valence-corrected chi connectivity index (χ1v) is 9.39. The molecule has 2 heterocycles. The van der Waals surface area contributed by atoms with E-state index in [9.17, 15) is 0 Å². The van der Waals surface area contributed by atoms with E-state index in [1.807, 2.05) is 0 Å². The van der Waals surface area contributed by atoms with Crippen molar-refractivity contribution in [2.24, 2.45) is 10.9 Å². The Morgan fingerprint density at radius 2 is 1.42 bits per heavy atom. The van der Waals surface area contributed by atoms with Crippen LogP contribution in [-0.4, -0.2) is 22.8 Å². The van der Waals surface area contributed by atoms with Crippen LogP contribution in [0.4, 0.5) is 0 Å². The Bertz CT molecular complexity index is 731. The summed E-state index contributed by atoms with van der Waals surface area (Å²) >= 11 is 0. The maximum Gasteiger partial charge on any atom is 0.106 e. The summed E-state index contributed by atoms with van der Waals surface area (Å²) in [5, 5.41) is 0. The highest BCUT2D eigenvalue weighted by Gasteiger charge is 2.60. The molecule has 122 valence electrons. The third-order valence-corrected chi connectivity index (χ3v) is 5.99. The van der Waals surface area contributed by atoms with Gasteiger partial charge in [-0.2, -0.15) is 0 Å². The molecule has 4 atom stereocenters. The predicted molar refractivity (Wildman–Crippen MR) is 98.2 cm³/mol. The molecule has 1 aliphatic carbocycles. The van der Waals surface area contributed by atoms with Crippen LogP contribution < -0.4 is 0 Å². The number of aliphatic imine (C=N–C) groups is 1. The second-order valence-corrected chi connectivity index (χ2v) is 7.44. The summed E-state index contributed by atoms with van der Waals surface area (Å²) in [5.41, 5.74) is 4.08. The fourth-order valence-electron chi connectivity index (χ4n) is 4.79. The number of fused-ring (bicyclic) bond motifs is 1. The SMILES string of the molecule is c1ccc(C2=N[C@H](C3CCCCC3)N3[C@H]2[C@@H]3c2ccccc2)cc1. The van der Waals surface area contributed by atoms with Crippen molar-refractivity contribution in [1.29, 1.82) is 0 Å². The van der Waals surface area contributed by atoms with Gasteiger partial charge in [0.15, 0.2) is 0 Å². The van der Waals surface area contributed by atoms with Crippen LogP contribution in [0.3, 0.4) is 0 Å². The largest absolute Gasteiger partial charge is 0.268 e. The van der Waals surface area contributed by atoms with Gasteiger partial charge >= 0.3 is 0 Å². The van der Waals surface area contributed by atoms with Gasteiger partial charge in [-0.05, 0) is 29.9 Å². The van der Waals surface area contributed by atoms with Crippen LogP contribution in [0.5, 0.6) is 0 Å². The Hall–Kier alpha value is -1.93. The molecule has 0 amide bonds. The average Bonchev–Trinajstić information content (AvgIpc) is 3.28. The zero-order valence-corrected chi connectivity index (χ0v) is 14.0. The molecule has 2 fully saturated rings. The molecular formula is C22H24N2. The van der Waals surface area contributed by atoms with Gasteiger partial charge in [-0.1, -0.05) is 79.9 Å². The van der Waals surface area contributed by atoms with Gasteiger partial charge in [-0.15, -0.1) is 0 Å². The van der Waals surface area contributed by atoms with Crippen molar-refractivity contribution >= 4 is 5.71 Å². The predicted octanol–water partition coefficient (Wildman–Crippen LogP) is 4.82. The highest BCUT2D eigenvalue weighted by molar-refractivity contribution is 6.08. The Morgan fingerprint density at radius 3 is 2.12 bits per heavy atom. The lowest BCUT2D eigenvalue weighted by atomic mass is 9.87. The van der Waals surface area contributed by atoms with Gasteiger partial charge in [0.05, 0.1) is 17.8 Å². The minimum atomic E-state index is 0.399. The van der Waals surface area contributed by atoms with Crippen LogP contribution in [0.15, 0.2) is 65.7 Å². The molecule has 0 spiro atoms. The summed E-state index contributed by atoms with van der Waals surface area (Å²) < 4.78 is 0. The molecule has 0 bridgehead atoms. The second-order valence-electron chi connectivity index (χ2n) is 7.44. The van der Waals surface area contributed by atoms with Crippen molar-refractivity contribution in [3.8, 4) is 0 Å². The molecule has 1 unspecified atom stereocenters. The highest BCUT2D eigenvalue weighted by Crippen LogP contribution is 2.53. The summed E-state index contributed by atoms with van der Waals surface area (Å²) in [7, 11) is 0. The Balaban J connectivity index is 1.50. The van der Waals surface area contributed by atoms with Crippen LogP contribution >= 0.6 is 0 Å². The minimum absolute atomic E-state index is 0.399. The molecule has 0 radical (unpaired) electrons. The van der Waals surface area contributed by atoms with E-state index in [0.29, 0.717) is 18.2 Å². The van der Waals surface area contributed by atoms with E-state index in [4.69, 9.17) is 4.99 Å². The molecule has 5 rings (SSSR count). The van der Waals surface area contributed by atoms with E-state index in [2.05, 4.69) is 65.6 Å². The minimum Gasteiger partial charge on any atom is -0.268 e. The maximum atomic E-state index is 5.23. The van der Waals surface area contributed by atoms with Crippen LogP contribution in [0.25, 0.3) is 0 Å². The molecule has 0 N–H and O–H groups in total. The molecule has 1 saturated carbocycles. The van der Waals surface area contributed by atoms with Crippen LogP contribution in [0.2, 0.25) is 0 Å². The van der Waals surface area contributed by atoms with Crippen molar-refractivity contribution in [2.75, 3.05) is 0 Å². The van der Waals surface area contributed by atoms with Gasteiger partial charge in [0.25, 0.3) is 0 Å². The first-order valence-electron chi connectivity index (χ1n) is 9.39. The molecule has 0 aromatic heterocycles. The number of hydrogen-bond donors (Lipinski definition) is 0. The third-order valence-electron chi connectivity index (χ3n) is 5.99. The monoisotopic (exact) mass is 316 g/mol. The van der Waals surface area contributed by atoms with Gasteiger partial charge in [0.1, 0.15) is 6.17 Å². The Kier molecular flexibility index (Phi) is 3.52. The molecule has 24 heavy (non-hydrogen) atoms. The number of hydrogen-bond acceptors (Lipinski definition) is 2. The van der Waals surface area contributed by atoms with Gasteiger partial charge < -0.3 is 0 Å². The molecule has 2 heteroatoms. The number of rotatable bonds is 3. The fraction of sp³-hybridized carbons (Fsp3) is 0.409. The van der Waals surface area contributed by atoms with Gasteiger partial charge in [0, 0.05) is 0 Å². The lowest BCUT2D eigenvalue weighted by molar-refractivity contribution is 0.219. The number of nitrogens with zero attached hydrogens (tertiary/aromatic N) is 2. The van der Waals surface area contributed by atoms with Crippen molar-refractivity contribution in [2.45, 2.75) is 50.4 Å².